The maximum Gasteiger partial charge on any atom is 0.416 e. The van der Waals surface area contributed by atoms with Gasteiger partial charge in [0.2, 0.25) is 0 Å². The first kappa shape index (κ1) is 31.7. The first-order valence-corrected chi connectivity index (χ1v) is 16.5. The summed E-state index contributed by atoms with van der Waals surface area (Å²) in [6, 6.07) is 4.35. The van der Waals surface area contributed by atoms with Crippen LogP contribution in [0.2, 0.25) is 10.0 Å². The second-order valence-electron chi connectivity index (χ2n) is 9.76. The Balaban J connectivity index is 1.84. The van der Waals surface area contributed by atoms with E-state index in [0.29, 0.717) is 36.6 Å². The van der Waals surface area contributed by atoms with Crippen LogP contribution in [0.25, 0.3) is 10.9 Å². The number of aromatic amines is 1. The minimum absolute atomic E-state index is 0.0336. The number of rotatable bonds is 8. The van der Waals surface area contributed by atoms with E-state index in [4.69, 9.17) is 23.2 Å². The molecule has 224 valence electrons. The van der Waals surface area contributed by atoms with Crippen LogP contribution >= 0.6 is 23.2 Å². The van der Waals surface area contributed by atoms with Crippen molar-refractivity contribution in [2.75, 3.05) is 25.1 Å². The molecule has 0 amide bonds. The lowest BCUT2D eigenvalue weighted by Crippen LogP contribution is -2.45. The lowest BCUT2D eigenvalue weighted by atomic mass is 10.0. The van der Waals surface area contributed by atoms with Gasteiger partial charge in [-0.25, -0.2) is 22.1 Å². The number of halogens is 5. The summed E-state index contributed by atoms with van der Waals surface area (Å²) in [5.41, 5.74) is -3.71. The third kappa shape index (κ3) is 6.89. The molecule has 1 unspecified atom stereocenters. The molecule has 1 aliphatic heterocycles. The first-order chi connectivity index (χ1) is 19.1. The van der Waals surface area contributed by atoms with Gasteiger partial charge in [0.05, 0.1) is 49.7 Å². The Kier molecular flexibility index (Phi) is 9.41. The van der Waals surface area contributed by atoms with E-state index < -0.39 is 60.8 Å². The molecule has 1 aliphatic rings. The van der Waals surface area contributed by atoms with Gasteiger partial charge in [0.15, 0.2) is 9.84 Å². The number of aromatic nitrogens is 2. The number of nitrogens with zero attached hydrogens (tertiary/aromatic N) is 2. The summed E-state index contributed by atoms with van der Waals surface area (Å²) in [7, 11) is -5.08. The third-order valence-corrected chi connectivity index (χ3v) is 10.1. The molecule has 9 nitrogen and oxygen atoms in total. The van der Waals surface area contributed by atoms with E-state index in [2.05, 4.69) is 9.71 Å². The van der Waals surface area contributed by atoms with Crippen molar-refractivity contribution in [2.24, 2.45) is 0 Å². The van der Waals surface area contributed by atoms with Crippen molar-refractivity contribution < 1.29 is 25.8 Å². The van der Waals surface area contributed by atoms with Gasteiger partial charge in [-0.05, 0) is 54.8 Å². The van der Waals surface area contributed by atoms with Gasteiger partial charge < -0.3 is 4.98 Å². The highest BCUT2D eigenvalue weighted by molar-refractivity contribution is 7.91. The molecule has 2 N–H and O–H groups in total. The average Bonchev–Trinajstić information content (AvgIpc) is 2.87. The number of fused-ring (bicyclic) bond motifs is 1. The molecule has 1 fully saturated rings. The standard InChI is InChI=1S/C25H27Cl2F3N4O5S2/c1-3-41(38,39)20-7-6-15(26)9-14(20)11-34-23(35)17-10-19(25(28,29)30)18(21(27)22(17)31-24(34)36)13-33-8-4-5-16(12-33)32-40(2)37/h6-7,9-10,16,32H,3-5,8,11-13H2,1-2H3,(H,31,36)/t16-,40?/m1/s1. The zero-order valence-corrected chi connectivity index (χ0v) is 25.1. The Morgan fingerprint density at radius 2 is 1.88 bits per heavy atom. The zero-order chi connectivity index (χ0) is 30.3. The molecule has 2 aromatic carbocycles. The van der Waals surface area contributed by atoms with E-state index in [1.54, 1.807) is 4.90 Å². The average molecular weight is 656 g/mol. The second kappa shape index (κ2) is 12.2. The molecule has 16 heteroatoms. The van der Waals surface area contributed by atoms with E-state index in [-0.39, 0.29) is 44.9 Å². The second-order valence-corrected chi connectivity index (χ2v) is 14.0. The van der Waals surface area contributed by atoms with Gasteiger partial charge in [-0.2, -0.15) is 13.2 Å². The van der Waals surface area contributed by atoms with Crippen molar-refractivity contribution in [3.63, 3.8) is 0 Å². The normalized spacial score (nSPS) is 17.7. The van der Waals surface area contributed by atoms with Crippen LogP contribution in [0.5, 0.6) is 0 Å². The lowest BCUT2D eigenvalue weighted by molar-refractivity contribution is -0.138. The van der Waals surface area contributed by atoms with Crippen LogP contribution in [-0.2, 0) is 40.1 Å². The van der Waals surface area contributed by atoms with Crippen LogP contribution in [-0.4, -0.2) is 58.2 Å². The number of H-pyrrole nitrogens is 1. The van der Waals surface area contributed by atoms with Crippen molar-refractivity contribution in [1.29, 1.82) is 0 Å². The number of piperidine rings is 1. The predicted molar refractivity (Wildman–Crippen MR) is 153 cm³/mol. The molecule has 0 spiro atoms. The van der Waals surface area contributed by atoms with Crippen LogP contribution in [0.15, 0.2) is 38.8 Å². The Morgan fingerprint density at radius 1 is 1.17 bits per heavy atom. The highest BCUT2D eigenvalue weighted by Gasteiger charge is 2.37. The van der Waals surface area contributed by atoms with Crippen LogP contribution in [0, 0.1) is 0 Å². The Hall–Kier alpha value is -2.23. The van der Waals surface area contributed by atoms with E-state index in [9.17, 15) is 35.4 Å². The van der Waals surface area contributed by atoms with Gasteiger partial charge in [0, 0.05) is 30.4 Å². The smallest absolute Gasteiger partial charge is 0.305 e. The monoisotopic (exact) mass is 654 g/mol. The largest absolute Gasteiger partial charge is 0.416 e. The highest BCUT2D eigenvalue weighted by atomic mass is 35.5. The minimum Gasteiger partial charge on any atom is -0.305 e. The number of hydrogen-bond acceptors (Lipinski definition) is 6. The number of likely N-dealkylation sites (tertiary alicyclic amines) is 1. The Morgan fingerprint density at radius 3 is 2.51 bits per heavy atom. The molecule has 0 aliphatic carbocycles. The fourth-order valence-electron chi connectivity index (χ4n) is 5.00. The fraction of sp³-hybridized carbons (Fsp3) is 0.440. The summed E-state index contributed by atoms with van der Waals surface area (Å²) in [6.07, 6.45) is -2.05. The molecule has 0 bridgehead atoms. The van der Waals surface area contributed by atoms with Crippen LogP contribution < -0.4 is 16.0 Å². The number of hydrogen-bond donors (Lipinski definition) is 2. The van der Waals surface area contributed by atoms with Gasteiger partial charge >= 0.3 is 11.9 Å². The van der Waals surface area contributed by atoms with Crippen LogP contribution in [0.1, 0.15) is 36.5 Å². The summed E-state index contributed by atoms with van der Waals surface area (Å²) in [5.74, 6) is -0.262. The molecule has 0 saturated carbocycles. The van der Waals surface area contributed by atoms with Gasteiger partial charge in [0.1, 0.15) is 0 Å². The number of sulfone groups is 1. The summed E-state index contributed by atoms with van der Waals surface area (Å²) in [5, 5.41) is -0.748. The minimum atomic E-state index is -4.88. The van der Waals surface area contributed by atoms with E-state index in [0.717, 1.165) is 0 Å². The number of benzene rings is 2. The molecular weight excluding hydrogens is 628 g/mol. The van der Waals surface area contributed by atoms with Gasteiger partial charge in [-0.1, -0.05) is 30.1 Å². The predicted octanol–water partition coefficient (Wildman–Crippen LogP) is 3.70. The zero-order valence-electron chi connectivity index (χ0n) is 22.0. The van der Waals surface area contributed by atoms with Crippen molar-refractivity contribution in [2.45, 2.75) is 50.0 Å². The van der Waals surface area contributed by atoms with E-state index >= 15 is 0 Å². The fourth-order valence-corrected chi connectivity index (χ4v) is 7.28. The van der Waals surface area contributed by atoms with Crippen molar-refractivity contribution in [3.8, 4) is 0 Å². The van der Waals surface area contributed by atoms with Gasteiger partial charge in [-0.15, -0.1) is 0 Å². The maximum absolute atomic E-state index is 14.3. The van der Waals surface area contributed by atoms with E-state index in [1.807, 2.05) is 0 Å². The first-order valence-electron chi connectivity index (χ1n) is 12.5. The van der Waals surface area contributed by atoms with Crippen LogP contribution in [0.3, 0.4) is 0 Å². The molecule has 0 radical (unpaired) electrons. The summed E-state index contributed by atoms with van der Waals surface area (Å²) >= 11 is 12.5. The molecule has 4 rings (SSSR count). The maximum atomic E-state index is 14.3. The summed E-state index contributed by atoms with van der Waals surface area (Å²) in [4.78, 5) is 30.5. The molecule has 2 heterocycles. The van der Waals surface area contributed by atoms with Crippen molar-refractivity contribution >= 4 is 54.9 Å². The Labute approximate surface area is 246 Å². The molecule has 2 atom stereocenters. The molecule has 41 heavy (non-hydrogen) atoms. The van der Waals surface area contributed by atoms with Crippen LogP contribution in [0.4, 0.5) is 13.2 Å². The van der Waals surface area contributed by atoms with E-state index in [1.165, 1.54) is 31.4 Å². The lowest BCUT2D eigenvalue weighted by Gasteiger charge is -2.33. The number of alkyl halides is 3. The summed E-state index contributed by atoms with van der Waals surface area (Å²) < 4.78 is 83.2. The van der Waals surface area contributed by atoms with Crippen molar-refractivity contribution in [3.05, 3.63) is 71.8 Å². The van der Waals surface area contributed by atoms with Gasteiger partial charge in [0.25, 0.3) is 5.56 Å². The quantitative estimate of drug-likeness (QED) is 0.382. The molecule has 3 aromatic rings. The number of nitrogens with one attached hydrogen (secondary N) is 2. The van der Waals surface area contributed by atoms with Gasteiger partial charge in [-0.3, -0.25) is 14.3 Å². The molecule has 1 saturated heterocycles. The topological polar surface area (TPSA) is 121 Å². The third-order valence-electron chi connectivity index (χ3n) is 6.91. The SMILES string of the molecule is CCS(=O)(=O)c1ccc(Cl)cc1Cn1c(=O)[nH]c2c(Cl)c(CN3CCC[C@@H](NS(C)=O)C3)c(C(F)(F)F)cc2c1=O. The summed E-state index contributed by atoms with van der Waals surface area (Å²) in [6.45, 7) is 1.45. The molecular formula is C25H27Cl2F3N4O5S2. The highest BCUT2D eigenvalue weighted by Crippen LogP contribution is 2.39. The Bertz CT molecular complexity index is 1740. The van der Waals surface area contributed by atoms with Crippen molar-refractivity contribution in [1.82, 2.24) is 19.2 Å². The molecule has 1 aromatic heterocycles.